The molecule has 0 aromatic heterocycles. The van der Waals surface area contributed by atoms with Gasteiger partial charge in [-0.1, -0.05) is 34.1 Å². The lowest BCUT2D eigenvalue weighted by molar-refractivity contribution is -0.131. The van der Waals surface area contributed by atoms with E-state index in [9.17, 15) is 4.79 Å². The minimum atomic E-state index is 0.000421. The van der Waals surface area contributed by atoms with Crippen LogP contribution in [0.1, 0.15) is 53.9 Å². The van der Waals surface area contributed by atoms with Crippen LogP contribution in [0.25, 0.3) is 0 Å². The first-order valence-electron chi connectivity index (χ1n) is 8.19. The number of rotatable bonds is 8. The highest BCUT2D eigenvalue weighted by molar-refractivity contribution is 5.84. The van der Waals surface area contributed by atoms with Gasteiger partial charge in [-0.15, -0.1) is 0 Å². The molecular formula is C16H33N3O. The third-order valence-electron chi connectivity index (χ3n) is 4.56. The van der Waals surface area contributed by atoms with Crippen LogP contribution in [0.15, 0.2) is 0 Å². The molecule has 20 heavy (non-hydrogen) atoms. The topological polar surface area (TPSA) is 35.6 Å². The fraction of sp³-hybridized carbons (Fsp3) is 0.938. The maximum absolute atomic E-state index is 12.5. The molecule has 0 bridgehead atoms. The Balaban J connectivity index is 2.62. The molecule has 1 rings (SSSR count). The molecule has 0 radical (unpaired) electrons. The molecule has 0 saturated carbocycles. The van der Waals surface area contributed by atoms with E-state index in [1.807, 2.05) is 0 Å². The van der Waals surface area contributed by atoms with Gasteiger partial charge in [0, 0.05) is 19.1 Å². The Morgan fingerprint density at radius 1 is 1.30 bits per heavy atom. The third-order valence-corrected chi connectivity index (χ3v) is 4.56. The van der Waals surface area contributed by atoms with E-state index in [1.54, 1.807) is 0 Å². The van der Waals surface area contributed by atoms with E-state index in [0.29, 0.717) is 12.0 Å². The molecule has 118 valence electrons. The minimum absolute atomic E-state index is 0.000421. The van der Waals surface area contributed by atoms with Crippen LogP contribution >= 0.6 is 0 Å². The number of hydrogen-bond acceptors (Lipinski definition) is 3. The summed E-state index contributed by atoms with van der Waals surface area (Å²) in [5, 5.41) is 3.52. The number of amides is 1. The molecule has 3 atom stereocenters. The number of nitrogens with one attached hydrogen (secondary N) is 1. The molecule has 3 unspecified atom stereocenters. The van der Waals surface area contributed by atoms with Crippen molar-refractivity contribution in [1.82, 2.24) is 15.1 Å². The van der Waals surface area contributed by atoms with E-state index in [0.717, 1.165) is 32.4 Å². The van der Waals surface area contributed by atoms with E-state index < -0.39 is 0 Å². The highest BCUT2D eigenvalue weighted by atomic mass is 16.2. The molecule has 1 amide bonds. The first-order valence-corrected chi connectivity index (χ1v) is 8.19. The van der Waals surface area contributed by atoms with Gasteiger partial charge in [0.1, 0.15) is 0 Å². The summed E-state index contributed by atoms with van der Waals surface area (Å²) in [6.07, 6.45) is 3.52. The number of likely N-dealkylation sites (N-methyl/N-ethyl adjacent to an activating group) is 1. The maximum atomic E-state index is 12.5. The largest absolute Gasteiger partial charge is 0.325 e. The Morgan fingerprint density at radius 2 is 1.95 bits per heavy atom. The van der Waals surface area contributed by atoms with Crippen LogP contribution in [0.4, 0.5) is 0 Å². The van der Waals surface area contributed by atoms with Gasteiger partial charge in [0.15, 0.2) is 0 Å². The molecule has 0 aromatic rings. The van der Waals surface area contributed by atoms with E-state index in [4.69, 9.17) is 0 Å². The van der Waals surface area contributed by atoms with Crippen molar-refractivity contribution in [3.63, 3.8) is 0 Å². The lowest BCUT2D eigenvalue weighted by Crippen LogP contribution is -2.43. The number of hydrogen-bond donors (Lipinski definition) is 1. The Bertz CT molecular complexity index is 306. The molecule has 0 spiro atoms. The predicted octanol–water partition coefficient (Wildman–Crippen LogP) is 2.30. The van der Waals surface area contributed by atoms with Gasteiger partial charge in [0.05, 0.1) is 12.2 Å². The van der Waals surface area contributed by atoms with Gasteiger partial charge < -0.3 is 9.80 Å². The lowest BCUT2D eigenvalue weighted by Gasteiger charge is -2.29. The quantitative estimate of drug-likeness (QED) is 0.742. The Labute approximate surface area is 124 Å². The van der Waals surface area contributed by atoms with E-state index in [-0.39, 0.29) is 18.1 Å². The zero-order valence-corrected chi connectivity index (χ0v) is 14.1. The van der Waals surface area contributed by atoms with E-state index in [1.165, 1.54) is 0 Å². The molecule has 1 fully saturated rings. The second-order valence-electron chi connectivity index (χ2n) is 6.46. The average Bonchev–Trinajstić information content (AvgIpc) is 2.72. The van der Waals surface area contributed by atoms with E-state index in [2.05, 4.69) is 56.8 Å². The molecule has 1 N–H and O–H groups in total. The highest BCUT2D eigenvalue weighted by Crippen LogP contribution is 2.19. The lowest BCUT2D eigenvalue weighted by atomic mass is 10.1. The normalized spacial score (nSPS) is 25.0. The van der Waals surface area contributed by atoms with Crippen LogP contribution in [0.5, 0.6) is 0 Å². The Hall–Kier alpha value is -0.610. The van der Waals surface area contributed by atoms with Gasteiger partial charge in [0.2, 0.25) is 5.91 Å². The summed E-state index contributed by atoms with van der Waals surface area (Å²) >= 11 is 0. The molecule has 1 aliphatic rings. The smallest absolute Gasteiger partial charge is 0.241 e. The second kappa shape index (κ2) is 7.99. The van der Waals surface area contributed by atoms with Crippen molar-refractivity contribution < 1.29 is 4.79 Å². The zero-order valence-electron chi connectivity index (χ0n) is 14.1. The number of nitrogens with zero attached hydrogens (tertiary/aromatic N) is 2. The summed E-state index contributed by atoms with van der Waals surface area (Å²) in [6, 6.07) is 0.576. The fourth-order valence-corrected chi connectivity index (χ4v) is 2.75. The van der Waals surface area contributed by atoms with Gasteiger partial charge in [-0.05, 0) is 32.7 Å². The first kappa shape index (κ1) is 17.4. The summed E-state index contributed by atoms with van der Waals surface area (Å²) < 4.78 is 0. The predicted molar refractivity (Wildman–Crippen MR) is 84.6 cm³/mol. The van der Waals surface area contributed by atoms with Gasteiger partial charge in [-0.2, -0.15) is 0 Å². The summed E-state index contributed by atoms with van der Waals surface area (Å²) in [4.78, 5) is 16.9. The van der Waals surface area contributed by atoms with Crippen molar-refractivity contribution in [2.45, 2.75) is 72.1 Å². The van der Waals surface area contributed by atoms with Gasteiger partial charge in [0.25, 0.3) is 0 Å². The van der Waals surface area contributed by atoms with Crippen LogP contribution in [-0.4, -0.2) is 54.1 Å². The van der Waals surface area contributed by atoms with Crippen LogP contribution in [-0.2, 0) is 4.79 Å². The summed E-state index contributed by atoms with van der Waals surface area (Å²) in [5.41, 5.74) is 0. The fourth-order valence-electron chi connectivity index (χ4n) is 2.75. The highest BCUT2D eigenvalue weighted by Gasteiger charge is 2.39. The van der Waals surface area contributed by atoms with Gasteiger partial charge in [-0.25, -0.2) is 0 Å². The third kappa shape index (κ3) is 4.19. The molecule has 0 aliphatic carbocycles. The molecule has 1 aliphatic heterocycles. The SMILES string of the molecule is CCCC1NC(C(C)C)C(=O)N1CCN(C)C(C)CC. The first-order chi connectivity index (χ1) is 9.42. The van der Waals surface area contributed by atoms with Gasteiger partial charge >= 0.3 is 0 Å². The monoisotopic (exact) mass is 283 g/mol. The van der Waals surface area contributed by atoms with Crippen molar-refractivity contribution in [3.8, 4) is 0 Å². The van der Waals surface area contributed by atoms with E-state index >= 15 is 0 Å². The molecule has 0 aromatic carbocycles. The molecular weight excluding hydrogens is 250 g/mol. The Kier molecular flexibility index (Phi) is 6.96. The van der Waals surface area contributed by atoms with Crippen LogP contribution in [0.2, 0.25) is 0 Å². The summed E-state index contributed by atoms with van der Waals surface area (Å²) in [7, 11) is 2.15. The standard InChI is InChI=1S/C16H33N3O/c1-7-9-14-17-15(12(3)4)16(20)19(14)11-10-18(6)13(5)8-2/h12-15,17H,7-11H2,1-6H3. The minimum Gasteiger partial charge on any atom is -0.325 e. The Morgan fingerprint density at radius 3 is 2.45 bits per heavy atom. The zero-order chi connectivity index (χ0) is 15.3. The maximum Gasteiger partial charge on any atom is 0.241 e. The van der Waals surface area contributed by atoms with Crippen molar-refractivity contribution in [3.05, 3.63) is 0 Å². The molecule has 4 nitrogen and oxygen atoms in total. The van der Waals surface area contributed by atoms with Crippen molar-refractivity contribution >= 4 is 5.91 Å². The van der Waals surface area contributed by atoms with Crippen molar-refractivity contribution in [1.29, 1.82) is 0 Å². The number of carbonyl (C=O) groups is 1. The number of carbonyl (C=O) groups excluding carboxylic acids is 1. The van der Waals surface area contributed by atoms with Crippen LogP contribution < -0.4 is 5.32 Å². The summed E-state index contributed by atoms with van der Waals surface area (Å²) in [6.45, 7) is 12.6. The summed E-state index contributed by atoms with van der Waals surface area (Å²) in [5.74, 6) is 0.648. The molecule has 1 heterocycles. The van der Waals surface area contributed by atoms with Crippen molar-refractivity contribution in [2.75, 3.05) is 20.1 Å². The molecule has 1 saturated heterocycles. The van der Waals surface area contributed by atoms with Gasteiger partial charge in [-0.3, -0.25) is 10.1 Å². The van der Waals surface area contributed by atoms with Crippen LogP contribution in [0, 0.1) is 5.92 Å². The van der Waals surface area contributed by atoms with Crippen molar-refractivity contribution in [2.24, 2.45) is 5.92 Å². The van der Waals surface area contributed by atoms with Crippen LogP contribution in [0.3, 0.4) is 0 Å². The average molecular weight is 283 g/mol. The molecule has 4 heteroatoms. The second-order valence-corrected chi connectivity index (χ2v) is 6.46.